The van der Waals surface area contributed by atoms with E-state index in [0.717, 1.165) is 12.3 Å². The number of fused-ring (bicyclic) bond motifs is 2. The first kappa shape index (κ1) is 20.2. The van der Waals surface area contributed by atoms with Crippen molar-refractivity contribution in [3.63, 3.8) is 0 Å². The van der Waals surface area contributed by atoms with Crippen LogP contribution in [0.5, 0.6) is 6.01 Å². The maximum atomic E-state index is 13.9. The summed E-state index contributed by atoms with van der Waals surface area (Å²) in [6.45, 7) is 3.72. The predicted molar refractivity (Wildman–Crippen MR) is 102 cm³/mol. The lowest BCUT2D eigenvalue weighted by atomic mass is 10.1. The average Bonchev–Trinajstić information content (AvgIpc) is 3.33. The minimum Gasteiger partial charge on any atom is -0.438 e. The van der Waals surface area contributed by atoms with Crippen LogP contribution in [0.4, 0.5) is 14.6 Å². The van der Waals surface area contributed by atoms with E-state index in [1.807, 2.05) is 11.8 Å². The highest BCUT2D eigenvalue weighted by Crippen LogP contribution is 2.34. The molecule has 3 aromatic rings. The third-order valence-electron chi connectivity index (χ3n) is 4.84. The average molecular weight is 438 g/mol. The zero-order valence-electron chi connectivity index (χ0n) is 15.6. The minimum atomic E-state index is -0.836. The number of hydrogen-bond acceptors (Lipinski definition) is 8. The van der Waals surface area contributed by atoms with Gasteiger partial charge in [-0.25, -0.2) is 18.7 Å². The van der Waals surface area contributed by atoms with Crippen LogP contribution in [0.2, 0.25) is 0 Å². The van der Waals surface area contributed by atoms with E-state index >= 15 is 0 Å². The second-order valence-electron chi connectivity index (χ2n) is 7.34. The van der Waals surface area contributed by atoms with E-state index in [2.05, 4.69) is 15.0 Å². The molecule has 0 spiro atoms. The van der Waals surface area contributed by atoms with E-state index in [1.165, 1.54) is 6.20 Å². The monoisotopic (exact) mass is 438 g/mol. The summed E-state index contributed by atoms with van der Waals surface area (Å²) < 4.78 is 40.0. The Labute approximate surface area is 175 Å². The fraction of sp³-hybridized carbons (Fsp3) is 0.353. The number of nitrogens with zero attached hydrogens (tertiary/aromatic N) is 6. The SMILES string of the molecule is C[C@]1(CN2Cc3nc(-c4ncc(F)cc4F)oc3C2)Cn2cc([N+](=O)[O-])nc2O1.S. The summed E-state index contributed by atoms with van der Waals surface area (Å²) in [6.07, 6.45) is 2.26. The molecule has 5 rings (SSSR count). The molecule has 2 aliphatic rings. The smallest absolute Gasteiger partial charge is 0.415 e. The quantitative estimate of drug-likeness (QED) is 0.451. The van der Waals surface area contributed by atoms with Gasteiger partial charge >= 0.3 is 11.8 Å². The van der Waals surface area contributed by atoms with E-state index in [0.29, 0.717) is 37.6 Å². The van der Waals surface area contributed by atoms with Crippen molar-refractivity contribution in [1.82, 2.24) is 24.4 Å². The molecule has 3 aromatic heterocycles. The summed E-state index contributed by atoms with van der Waals surface area (Å²) in [6, 6.07) is 0.948. The Kier molecular flexibility index (Phi) is 4.73. The van der Waals surface area contributed by atoms with Crippen LogP contribution in [0.15, 0.2) is 22.9 Å². The third kappa shape index (κ3) is 3.39. The van der Waals surface area contributed by atoms with Crippen molar-refractivity contribution in [2.24, 2.45) is 0 Å². The number of oxazole rings is 1. The summed E-state index contributed by atoms with van der Waals surface area (Å²) in [7, 11) is 0. The number of halogens is 2. The van der Waals surface area contributed by atoms with Crippen LogP contribution in [0.1, 0.15) is 18.4 Å². The van der Waals surface area contributed by atoms with Gasteiger partial charge in [0.15, 0.2) is 11.5 Å². The van der Waals surface area contributed by atoms with Gasteiger partial charge in [-0.1, -0.05) is 0 Å². The van der Waals surface area contributed by atoms with Crippen molar-refractivity contribution in [2.75, 3.05) is 6.54 Å². The topological polar surface area (TPSA) is 112 Å². The molecule has 5 heterocycles. The lowest BCUT2D eigenvalue weighted by Crippen LogP contribution is -2.43. The van der Waals surface area contributed by atoms with Crippen molar-refractivity contribution in [2.45, 2.75) is 32.2 Å². The standard InChI is InChI=1S/C17H14F2N6O4.H2S/c1-17(8-24-6-13(25(26)27)22-16(24)29-17)7-23-4-11-12(5-23)28-15(21-11)14-10(19)2-9(18)3-20-14;/h2-3,6H,4-5,7-8H2,1H3;1H2/t17-;/m0./s1. The highest BCUT2D eigenvalue weighted by Gasteiger charge is 2.43. The number of hydrogen-bond donors (Lipinski definition) is 0. The molecular weight excluding hydrogens is 422 g/mol. The first-order valence-corrected chi connectivity index (χ1v) is 8.73. The molecule has 2 aliphatic heterocycles. The van der Waals surface area contributed by atoms with Crippen LogP contribution >= 0.6 is 13.5 Å². The molecule has 10 nitrogen and oxygen atoms in total. The molecule has 0 aliphatic carbocycles. The molecule has 13 heteroatoms. The molecule has 0 bridgehead atoms. The number of ether oxygens (including phenoxy) is 1. The Morgan fingerprint density at radius 2 is 2.13 bits per heavy atom. The summed E-state index contributed by atoms with van der Waals surface area (Å²) >= 11 is 0. The Morgan fingerprint density at radius 3 is 2.80 bits per heavy atom. The fourth-order valence-corrected chi connectivity index (χ4v) is 3.72. The van der Waals surface area contributed by atoms with E-state index in [-0.39, 0.29) is 36.9 Å². The maximum Gasteiger partial charge on any atom is 0.415 e. The first-order chi connectivity index (χ1) is 13.8. The number of imidazole rings is 1. The fourth-order valence-electron chi connectivity index (χ4n) is 3.72. The normalized spacial score (nSPS) is 19.8. The van der Waals surface area contributed by atoms with Gasteiger partial charge in [0, 0.05) is 24.1 Å². The molecule has 0 fully saturated rings. The molecule has 0 aromatic carbocycles. The maximum absolute atomic E-state index is 13.9. The van der Waals surface area contributed by atoms with Gasteiger partial charge in [0.05, 0.1) is 25.0 Å². The molecule has 0 saturated carbocycles. The largest absolute Gasteiger partial charge is 0.438 e. The van der Waals surface area contributed by atoms with Crippen LogP contribution < -0.4 is 4.74 Å². The van der Waals surface area contributed by atoms with Crippen LogP contribution in [0, 0.1) is 21.7 Å². The molecular formula is C17H16F2N6O4S. The molecule has 158 valence electrons. The van der Waals surface area contributed by atoms with Crippen molar-refractivity contribution >= 4 is 19.3 Å². The molecule has 0 amide bonds. The minimum absolute atomic E-state index is 0. The zero-order valence-corrected chi connectivity index (χ0v) is 16.6. The number of rotatable bonds is 4. The summed E-state index contributed by atoms with van der Waals surface area (Å²) in [5.74, 6) is -1.26. The van der Waals surface area contributed by atoms with E-state index in [9.17, 15) is 18.9 Å². The Hall–Kier alpha value is -3.06. The summed E-state index contributed by atoms with van der Waals surface area (Å²) in [4.78, 5) is 24.2. The molecule has 0 radical (unpaired) electrons. The van der Waals surface area contributed by atoms with E-state index in [1.54, 1.807) is 4.57 Å². The second-order valence-corrected chi connectivity index (χ2v) is 7.34. The Balaban J connectivity index is 0.00000218. The second kappa shape index (κ2) is 7.02. The van der Waals surface area contributed by atoms with Gasteiger partial charge in [-0.3, -0.25) is 9.47 Å². The highest BCUT2D eigenvalue weighted by atomic mass is 32.1. The Morgan fingerprint density at radius 1 is 1.33 bits per heavy atom. The van der Waals surface area contributed by atoms with Crippen LogP contribution in [0.3, 0.4) is 0 Å². The van der Waals surface area contributed by atoms with E-state index < -0.39 is 22.2 Å². The third-order valence-corrected chi connectivity index (χ3v) is 4.84. The summed E-state index contributed by atoms with van der Waals surface area (Å²) in [5, 5.41) is 10.8. The van der Waals surface area contributed by atoms with Gasteiger partial charge in [-0.2, -0.15) is 13.5 Å². The van der Waals surface area contributed by atoms with Crippen LogP contribution in [0.25, 0.3) is 11.6 Å². The Bertz CT molecular complexity index is 1100. The first-order valence-electron chi connectivity index (χ1n) is 8.73. The van der Waals surface area contributed by atoms with Crippen molar-refractivity contribution in [3.8, 4) is 17.6 Å². The van der Waals surface area contributed by atoms with Crippen molar-refractivity contribution in [1.29, 1.82) is 0 Å². The van der Waals surface area contributed by atoms with Gasteiger partial charge in [0.1, 0.15) is 23.4 Å². The molecule has 0 unspecified atom stereocenters. The lowest BCUT2D eigenvalue weighted by Gasteiger charge is -2.27. The van der Waals surface area contributed by atoms with Crippen LogP contribution in [-0.4, -0.2) is 41.5 Å². The van der Waals surface area contributed by atoms with Gasteiger partial charge in [-0.05, 0) is 11.8 Å². The zero-order chi connectivity index (χ0) is 20.3. The summed E-state index contributed by atoms with van der Waals surface area (Å²) in [5.41, 5.74) is -0.0973. The van der Waals surface area contributed by atoms with Gasteiger partial charge in [-0.15, -0.1) is 0 Å². The van der Waals surface area contributed by atoms with Crippen molar-refractivity contribution in [3.05, 3.63) is 51.7 Å². The number of aromatic nitrogens is 4. The van der Waals surface area contributed by atoms with Crippen LogP contribution in [-0.2, 0) is 19.6 Å². The molecule has 0 saturated heterocycles. The van der Waals surface area contributed by atoms with Gasteiger partial charge in [0.2, 0.25) is 5.89 Å². The van der Waals surface area contributed by atoms with Crippen molar-refractivity contribution < 1.29 is 22.9 Å². The van der Waals surface area contributed by atoms with Gasteiger partial charge < -0.3 is 19.3 Å². The number of pyridine rings is 1. The number of nitro groups is 1. The van der Waals surface area contributed by atoms with Gasteiger partial charge in [0.25, 0.3) is 0 Å². The predicted octanol–water partition coefficient (Wildman–Crippen LogP) is 2.40. The molecule has 1 atom stereocenters. The lowest BCUT2D eigenvalue weighted by molar-refractivity contribution is -0.389. The highest BCUT2D eigenvalue weighted by molar-refractivity contribution is 7.59. The molecule has 30 heavy (non-hydrogen) atoms. The molecule has 0 N–H and O–H groups in total. The van der Waals surface area contributed by atoms with E-state index in [4.69, 9.17) is 9.15 Å².